The lowest BCUT2D eigenvalue weighted by Gasteiger charge is -2.11. The number of primary amides is 1. The van der Waals surface area contributed by atoms with Crippen molar-refractivity contribution in [2.75, 3.05) is 12.4 Å². The Kier molecular flexibility index (Phi) is 4.38. The smallest absolute Gasteiger partial charge is 0.272 e. The molecule has 0 aliphatic rings. The van der Waals surface area contributed by atoms with Gasteiger partial charge in [-0.15, -0.1) is 10.2 Å². The number of aromatic nitrogens is 2. The Balaban J connectivity index is 2.60. The number of rotatable bonds is 5. The van der Waals surface area contributed by atoms with E-state index in [9.17, 15) is 9.59 Å². The van der Waals surface area contributed by atoms with Gasteiger partial charge >= 0.3 is 0 Å². The first kappa shape index (κ1) is 12.9. The molecule has 4 N–H and O–H groups in total. The summed E-state index contributed by atoms with van der Waals surface area (Å²) in [4.78, 5) is 22.3. The minimum absolute atomic E-state index is 0.0910. The van der Waals surface area contributed by atoms with Gasteiger partial charge in [0.25, 0.3) is 5.91 Å². The molecular weight excluding hydrogens is 222 g/mol. The number of anilines is 1. The lowest BCUT2D eigenvalue weighted by Crippen LogP contribution is -2.36. The summed E-state index contributed by atoms with van der Waals surface area (Å²) >= 11 is 0. The third-order valence-corrected chi connectivity index (χ3v) is 2.04. The zero-order valence-electron chi connectivity index (χ0n) is 9.73. The Bertz CT molecular complexity index is 404. The van der Waals surface area contributed by atoms with E-state index in [2.05, 4.69) is 20.8 Å². The fourth-order valence-electron chi connectivity index (χ4n) is 1.24. The van der Waals surface area contributed by atoms with Crippen molar-refractivity contribution >= 4 is 17.6 Å². The van der Waals surface area contributed by atoms with Crippen LogP contribution in [0.25, 0.3) is 0 Å². The van der Waals surface area contributed by atoms with Crippen LogP contribution in [0.3, 0.4) is 0 Å². The van der Waals surface area contributed by atoms with Crippen molar-refractivity contribution in [2.24, 2.45) is 5.73 Å². The third-order valence-electron chi connectivity index (χ3n) is 2.04. The molecule has 0 spiro atoms. The lowest BCUT2D eigenvalue weighted by atomic mass is 10.2. The van der Waals surface area contributed by atoms with Gasteiger partial charge in [-0.05, 0) is 19.1 Å². The molecule has 2 amide bonds. The molecule has 0 aliphatic heterocycles. The van der Waals surface area contributed by atoms with Crippen LogP contribution in [0.2, 0.25) is 0 Å². The number of hydrogen-bond donors (Lipinski definition) is 3. The van der Waals surface area contributed by atoms with Gasteiger partial charge in [0, 0.05) is 19.5 Å². The molecule has 1 unspecified atom stereocenters. The van der Waals surface area contributed by atoms with Crippen LogP contribution >= 0.6 is 0 Å². The summed E-state index contributed by atoms with van der Waals surface area (Å²) in [6.45, 7) is 1.69. The molecule has 1 aromatic rings. The summed E-state index contributed by atoms with van der Waals surface area (Å²) in [7, 11) is 1.71. The monoisotopic (exact) mass is 237 g/mol. The van der Waals surface area contributed by atoms with Crippen LogP contribution in [0.1, 0.15) is 23.8 Å². The van der Waals surface area contributed by atoms with E-state index < -0.39 is 5.91 Å². The molecule has 0 radical (unpaired) electrons. The van der Waals surface area contributed by atoms with E-state index >= 15 is 0 Å². The van der Waals surface area contributed by atoms with Crippen molar-refractivity contribution in [3.8, 4) is 0 Å². The second-order valence-corrected chi connectivity index (χ2v) is 3.60. The zero-order valence-corrected chi connectivity index (χ0v) is 9.73. The molecule has 1 aromatic heterocycles. The average Bonchev–Trinajstić information content (AvgIpc) is 2.28. The van der Waals surface area contributed by atoms with E-state index in [4.69, 9.17) is 5.73 Å². The van der Waals surface area contributed by atoms with Crippen LogP contribution in [0.15, 0.2) is 12.1 Å². The SMILES string of the molecule is CNc1ccc(C(=O)NC(C)CC(N)=O)nn1. The quantitative estimate of drug-likeness (QED) is 0.640. The number of nitrogens with one attached hydrogen (secondary N) is 2. The van der Waals surface area contributed by atoms with E-state index in [1.807, 2.05) is 0 Å². The van der Waals surface area contributed by atoms with Crippen molar-refractivity contribution in [2.45, 2.75) is 19.4 Å². The van der Waals surface area contributed by atoms with E-state index in [0.717, 1.165) is 0 Å². The molecule has 0 saturated heterocycles. The molecule has 0 aliphatic carbocycles. The first-order chi connectivity index (χ1) is 8.02. The maximum atomic E-state index is 11.7. The van der Waals surface area contributed by atoms with Crippen molar-refractivity contribution in [1.29, 1.82) is 0 Å². The van der Waals surface area contributed by atoms with E-state index in [1.54, 1.807) is 26.1 Å². The summed E-state index contributed by atoms with van der Waals surface area (Å²) in [6, 6.07) is 2.86. The highest BCUT2D eigenvalue weighted by Gasteiger charge is 2.13. The maximum absolute atomic E-state index is 11.7. The van der Waals surface area contributed by atoms with Gasteiger partial charge in [0.2, 0.25) is 5.91 Å². The largest absolute Gasteiger partial charge is 0.372 e. The van der Waals surface area contributed by atoms with Gasteiger partial charge in [-0.1, -0.05) is 0 Å². The summed E-state index contributed by atoms with van der Waals surface area (Å²) in [5.74, 6) is -0.268. The average molecular weight is 237 g/mol. The number of carbonyl (C=O) groups excluding carboxylic acids is 2. The number of hydrogen-bond acceptors (Lipinski definition) is 5. The van der Waals surface area contributed by atoms with Crippen molar-refractivity contribution in [3.05, 3.63) is 17.8 Å². The molecule has 7 heteroatoms. The highest BCUT2D eigenvalue weighted by molar-refractivity contribution is 5.92. The molecule has 0 saturated carbocycles. The zero-order chi connectivity index (χ0) is 12.8. The summed E-state index contributed by atoms with van der Waals surface area (Å²) < 4.78 is 0. The Morgan fingerprint density at radius 1 is 1.41 bits per heavy atom. The fraction of sp³-hybridized carbons (Fsp3) is 0.400. The van der Waals surface area contributed by atoms with Crippen LogP contribution < -0.4 is 16.4 Å². The molecule has 1 heterocycles. The molecule has 1 rings (SSSR count). The Morgan fingerprint density at radius 2 is 2.12 bits per heavy atom. The van der Waals surface area contributed by atoms with Crippen molar-refractivity contribution in [3.63, 3.8) is 0 Å². The molecule has 7 nitrogen and oxygen atoms in total. The van der Waals surface area contributed by atoms with Gasteiger partial charge in [-0.2, -0.15) is 0 Å². The van der Waals surface area contributed by atoms with Crippen LogP contribution in [-0.4, -0.2) is 35.1 Å². The van der Waals surface area contributed by atoms with Crippen LogP contribution in [0, 0.1) is 0 Å². The Morgan fingerprint density at radius 3 is 2.59 bits per heavy atom. The topological polar surface area (TPSA) is 110 Å². The fourth-order valence-corrected chi connectivity index (χ4v) is 1.24. The van der Waals surface area contributed by atoms with Gasteiger partial charge in [0.1, 0.15) is 5.82 Å². The summed E-state index contributed by atoms with van der Waals surface area (Å²) in [5.41, 5.74) is 5.21. The van der Waals surface area contributed by atoms with Crippen molar-refractivity contribution < 1.29 is 9.59 Å². The number of carbonyl (C=O) groups is 2. The van der Waals surface area contributed by atoms with Gasteiger partial charge in [0.05, 0.1) is 0 Å². The predicted octanol–water partition coefficient (Wildman–Crippen LogP) is -0.488. The van der Waals surface area contributed by atoms with E-state index in [0.29, 0.717) is 5.82 Å². The third kappa shape index (κ3) is 4.06. The second-order valence-electron chi connectivity index (χ2n) is 3.60. The molecule has 0 bridgehead atoms. The second kappa shape index (κ2) is 5.78. The molecule has 17 heavy (non-hydrogen) atoms. The maximum Gasteiger partial charge on any atom is 0.272 e. The molecule has 92 valence electrons. The van der Waals surface area contributed by atoms with Crippen LogP contribution in [0.4, 0.5) is 5.82 Å². The molecular formula is C10H15N5O2. The number of nitrogens with zero attached hydrogens (tertiary/aromatic N) is 2. The minimum Gasteiger partial charge on any atom is -0.372 e. The van der Waals surface area contributed by atoms with Crippen LogP contribution in [0.5, 0.6) is 0 Å². The van der Waals surface area contributed by atoms with Gasteiger partial charge in [0.15, 0.2) is 5.69 Å². The van der Waals surface area contributed by atoms with Crippen molar-refractivity contribution in [1.82, 2.24) is 15.5 Å². The van der Waals surface area contributed by atoms with Gasteiger partial charge in [-0.25, -0.2) is 0 Å². The molecule has 1 atom stereocenters. The predicted molar refractivity (Wildman–Crippen MR) is 62.3 cm³/mol. The minimum atomic E-state index is -0.464. The van der Waals surface area contributed by atoms with Gasteiger partial charge in [-0.3, -0.25) is 9.59 Å². The standard InChI is InChI=1S/C10H15N5O2/c1-6(5-8(11)16)13-10(17)7-3-4-9(12-2)15-14-7/h3-4,6H,5H2,1-2H3,(H2,11,16)(H,12,15)(H,13,17). The highest BCUT2D eigenvalue weighted by atomic mass is 16.2. The summed E-state index contributed by atoms with van der Waals surface area (Å²) in [5, 5.41) is 12.9. The first-order valence-electron chi connectivity index (χ1n) is 5.13. The number of amides is 2. The van der Waals surface area contributed by atoms with E-state index in [1.165, 1.54) is 0 Å². The number of nitrogens with two attached hydrogens (primary N) is 1. The molecule has 0 fully saturated rings. The highest BCUT2D eigenvalue weighted by Crippen LogP contribution is 2.01. The lowest BCUT2D eigenvalue weighted by molar-refractivity contribution is -0.118. The van der Waals surface area contributed by atoms with E-state index in [-0.39, 0.29) is 24.1 Å². The summed E-state index contributed by atoms with van der Waals surface area (Å²) in [6.07, 6.45) is 0.0910. The van der Waals surface area contributed by atoms with Crippen LogP contribution in [-0.2, 0) is 4.79 Å². The normalized spacial score (nSPS) is 11.6. The van der Waals surface area contributed by atoms with Gasteiger partial charge < -0.3 is 16.4 Å². The molecule has 0 aromatic carbocycles. The first-order valence-corrected chi connectivity index (χ1v) is 5.13. The Labute approximate surface area is 98.8 Å². The Hall–Kier alpha value is -2.18.